The summed E-state index contributed by atoms with van der Waals surface area (Å²) in [5, 5.41) is 0.275. The van der Waals surface area contributed by atoms with Crippen LogP contribution >= 0.6 is 0 Å². The molecule has 0 fully saturated rings. The molecular formula is C18H15B. The van der Waals surface area contributed by atoms with Crippen LogP contribution < -0.4 is 0 Å². The third kappa shape index (κ3) is 1.38. The second-order valence-corrected chi connectivity index (χ2v) is 6.15. The lowest BCUT2D eigenvalue weighted by Crippen LogP contribution is -2.43. The molecule has 2 atom stereocenters. The quantitative estimate of drug-likeness (QED) is 0.492. The molecule has 0 N–H and O–H groups in total. The van der Waals surface area contributed by atoms with E-state index in [9.17, 15) is 0 Å². The number of hydrogen-bond acceptors (Lipinski definition) is 0. The van der Waals surface area contributed by atoms with Crippen molar-refractivity contribution in [2.24, 2.45) is 0 Å². The average molecular weight is 242 g/mol. The Balaban J connectivity index is 2.00. The molecule has 0 saturated heterocycles. The first kappa shape index (κ1) is 10.9. The Kier molecular flexibility index (Phi) is 2.04. The molecule has 0 aromatic heterocycles. The van der Waals surface area contributed by atoms with Crippen molar-refractivity contribution in [2.75, 3.05) is 0 Å². The van der Waals surface area contributed by atoms with E-state index in [0.29, 0.717) is 5.92 Å². The minimum absolute atomic E-state index is 0.275. The van der Waals surface area contributed by atoms with Gasteiger partial charge in [0.05, 0.1) is 0 Å². The maximum absolute atomic E-state index is 3.38. The Morgan fingerprint density at radius 1 is 1.05 bits per heavy atom. The van der Waals surface area contributed by atoms with Crippen molar-refractivity contribution in [1.82, 2.24) is 0 Å². The lowest BCUT2D eigenvalue weighted by Gasteiger charge is -2.48. The summed E-state index contributed by atoms with van der Waals surface area (Å²) < 4.78 is 0. The van der Waals surface area contributed by atoms with Gasteiger partial charge in [-0.3, -0.25) is 0 Å². The van der Waals surface area contributed by atoms with Crippen LogP contribution in [0.1, 0.15) is 40.7 Å². The number of benzene rings is 2. The molecule has 4 rings (SSSR count). The van der Waals surface area contributed by atoms with Crippen LogP contribution in [-0.2, 0) is 11.7 Å². The van der Waals surface area contributed by atoms with E-state index >= 15 is 0 Å². The number of hydrogen-bond donors (Lipinski definition) is 0. The zero-order valence-electron chi connectivity index (χ0n) is 11.3. The lowest BCUT2D eigenvalue weighted by molar-refractivity contribution is 0.439. The minimum atomic E-state index is 0.275. The van der Waals surface area contributed by atoms with Crippen LogP contribution in [-0.4, -0.2) is 7.85 Å². The molecule has 1 heteroatoms. The van der Waals surface area contributed by atoms with E-state index in [0.717, 1.165) is 6.42 Å². The van der Waals surface area contributed by atoms with Crippen LogP contribution in [0.15, 0.2) is 42.5 Å². The van der Waals surface area contributed by atoms with Crippen molar-refractivity contribution in [2.45, 2.75) is 24.6 Å². The molecule has 2 aromatic rings. The fourth-order valence-corrected chi connectivity index (χ4v) is 3.61. The fourth-order valence-electron chi connectivity index (χ4n) is 3.61. The molecular weight excluding hydrogens is 227 g/mol. The molecule has 0 radical (unpaired) electrons. The summed E-state index contributed by atoms with van der Waals surface area (Å²) >= 11 is 0. The van der Waals surface area contributed by atoms with Crippen LogP contribution in [0, 0.1) is 11.8 Å². The first-order valence-electron chi connectivity index (χ1n) is 6.91. The first-order chi connectivity index (χ1) is 9.18. The summed E-state index contributed by atoms with van der Waals surface area (Å²) in [5.74, 6) is 7.33. The summed E-state index contributed by atoms with van der Waals surface area (Å²) in [4.78, 5) is 0. The van der Waals surface area contributed by atoms with Crippen LogP contribution in [0.3, 0.4) is 0 Å². The highest BCUT2D eigenvalue weighted by Gasteiger charge is 2.45. The standard InChI is InChI=1S/C18H15B/c1-18(19)15-8-4-7-13-10-9-12-5-2-3-6-14(12)11-16(18)17(13)15/h2-8,16H,11,19H2,1H3/t16?,18-/m0/s1. The van der Waals surface area contributed by atoms with Gasteiger partial charge in [0.1, 0.15) is 7.85 Å². The highest BCUT2D eigenvalue weighted by Crippen LogP contribution is 2.52. The zero-order valence-corrected chi connectivity index (χ0v) is 11.3. The summed E-state index contributed by atoms with van der Waals surface area (Å²) in [6.07, 6.45) is 1.11. The molecule has 0 saturated carbocycles. The minimum Gasteiger partial charge on any atom is -0.0624 e. The van der Waals surface area contributed by atoms with Gasteiger partial charge in [0.15, 0.2) is 0 Å². The van der Waals surface area contributed by atoms with E-state index in [1.165, 1.54) is 27.8 Å². The highest BCUT2D eigenvalue weighted by molar-refractivity contribution is 6.18. The summed E-state index contributed by atoms with van der Waals surface area (Å²) in [6, 6.07) is 15.2. The van der Waals surface area contributed by atoms with Gasteiger partial charge in [-0.1, -0.05) is 49.1 Å². The topological polar surface area (TPSA) is 0 Å². The average Bonchev–Trinajstić information content (AvgIpc) is 2.40. The predicted molar refractivity (Wildman–Crippen MR) is 81.2 cm³/mol. The Morgan fingerprint density at radius 3 is 2.68 bits per heavy atom. The van der Waals surface area contributed by atoms with Crippen LogP contribution in [0.25, 0.3) is 0 Å². The monoisotopic (exact) mass is 242 g/mol. The first-order valence-corrected chi connectivity index (χ1v) is 6.91. The maximum Gasteiger partial charge on any atom is 0.115 e. The predicted octanol–water partition coefficient (Wildman–Crippen LogP) is 2.59. The largest absolute Gasteiger partial charge is 0.115 e. The van der Waals surface area contributed by atoms with E-state index in [1.54, 1.807) is 0 Å². The van der Waals surface area contributed by atoms with Gasteiger partial charge in [-0.05, 0) is 46.5 Å². The molecule has 90 valence electrons. The third-order valence-corrected chi connectivity index (χ3v) is 4.79. The van der Waals surface area contributed by atoms with Gasteiger partial charge in [-0.25, -0.2) is 0 Å². The van der Waals surface area contributed by atoms with E-state index in [1.807, 2.05) is 0 Å². The molecule has 0 nitrogen and oxygen atoms in total. The van der Waals surface area contributed by atoms with Gasteiger partial charge in [-0.2, -0.15) is 0 Å². The normalized spacial score (nSPS) is 25.8. The molecule has 19 heavy (non-hydrogen) atoms. The Bertz CT molecular complexity index is 744. The second-order valence-electron chi connectivity index (χ2n) is 6.15. The maximum atomic E-state index is 3.38. The smallest absolute Gasteiger partial charge is 0.0624 e. The van der Waals surface area contributed by atoms with Gasteiger partial charge in [0.2, 0.25) is 0 Å². The molecule has 2 aromatic carbocycles. The molecule has 2 aliphatic carbocycles. The van der Waals surface area contributed by atoms with Crippen LogP contribution in [0.5, 0.6) is 0 Å². The van der Waals surface area contributed by atoms with Gasteiger partial charge in [0.25, 0.3) is 0 Å². The van der Waals surface area contributed by atoms with Gasteiger partial charge in [0, 0.05) is 11.1 Å². The van der Waals surface area contributed by atoms with Gasteiger partial charge >= 0.3 is 0 Å². The Morgan fingerprint density at radius 2 is 1.79 bits per heavy atom. The van der Waals surface area contributed by atoms with Crippen molar-refractivity contribution in [3.8, 4) is 11.8 Å². The molecule has 0 amide bonds. The summed E-state index contributed by atoms with van der Waals surface area (Å²) in [6.45, 7) is 2.36. The zero-order chi connectivity index (χ0) is 13.0. The van der Waals surface area contributed by atoms with E-state index < -0.39 is 0 Å². The molecule has 2 aliphatic rings. The van der Waals surface area contributed by atoms with Crippen LogP contribution in [0.2, 0.25) is 0 Å². The van der Waals surface area contributed by atoms with Crippen molar-refractivity contribution in [3.63, 3.8) is 0 Å². The fraction of sp³-hybridized carbons (Fsp3) is 0.222. The lowest BCUT2D eigenvalue weighted by atomic mass is 9.45. The van der Waals surface area contributed by atoms with Crippen molar-refractivity contribution in [1.29, 1.82) is 0 Å². The highest BCUT2D eigenvalue weighted by atomic mass is 14.4. The van der Waals surface area contributed by atoms with E-state index in [2.05, 4.69) is 69.1 Å². The van der Waals surface area contributed by atoms with Crippen molar-refractivity contribution in [3.05, 3.63) is 70.3 Å². The van der Waals surface area contributed by atoms with Crippen molar-refractivity contribution < 1.29 is 0 Å². The third-order valence-electron chi connectivity index (χ3n) is 4.79. The molecule has 0 bridgehead atoms. The number of rotatable bonds is 0. The second kappa shape index (κ2) is 3.55. The SMILES string of the molecule is B[C@@]1(C)c2cccc3c2C1Cc1ccccc1C#C3. The van der Waals surface area contributed by atoms with Gasteiger partial charge < -0.3 is 0 Å². The summed E-state index contributed by atoms with van der Waals surface area (Å²) in [7, 11) is 2.36. The van der Waals surface area contributed by atoms with Crippen molar-refractivity contribution >= 4 is 7.85 Å². The molecule has 0 heterocycles. The molecule has 1 unspecified atom stereocenters. The van der Waals surface area contributed by atoms with Gasteiger partial charge in [-0.15, -0.1) is 0 Å². The van der Waals surface area contributed by atoms with E-state index in [-0.39, 0.29) is 5.31 Å². The molecule has 0 spiro atoms. The van der Waals surface area contributed by atoms with Crippen LogP contribution in [0.4, 0.5) is 0 Å². The summed E-state index contributed by atoms with van der Waals surface area (Å²) in [5.41, 5.74) is 6.81. The Labute approximate surface area is 115 Å². The van der Waals surface area contributed by atoms with E-state index in [4.69, 9.17) is 0 Å². The number of fused-ring (bicyclic) bond motifs is 1. The molecule has 0 aliphatic heterocycles. The Hall–Kier alpha value is -1.94.